The topological polar surface area (TPSA) is 129 Å². The number of piperazine rings is 1. The van der Waals surface area contributed by atoms with Gasteiger partial charge in [0, 0.05) is 39.1 Å². The van der Waals surface area contributed by atoms with Crippen LogP contribution in [0.15, 0.2) is 85.5 Å². The Bertz CT molecular complexity index is 1600. The maximum Gasteiger partial charge on any atom is 0.334 e. The van der Waals surface area contributed by atoms with Crippen molar-refractivity contribution in [3.8, 4) is 11.5 Å². The summed E-state index contributed by atoms with van der Waals surface area (Å²) in [7, 11) is 0. The fourth-order valence-corrected chi connectivity index (χ4v) is 6.50. The Balaban J connectivity index is 1.33. The zero-order valence-corrected chi connectivity index (χ0v) is 26.2. The lowest BCUT2D eigenvalue weighted by atomic mass is 9.98. The average Bonchev–Trinajstić information content (AvgIpc) is 3.08. The van der Waals surface area contributed by atoms with Crippen molar-refractivity contribution in [2.24, 2.45) is 0 Å². The van der Waals surface area contributed by atoms with Gasteiger partial charge in [0.15, 0.2) is 0 Å². The summed E-state index contributed by atoms with van der Waals surface area (Å²) in [5.74, 6) is -0.260. The number of hydrogen-bond acceptors (Lipinski definition) is 8. The number of carbonyl (C=O) groups excluding carboxylic acids is 3. The van der Waals surface area contributed by atoms with Gasteiger partial charge in [-0.2, -0.15) is 0 Å². The molecular formula is C35H40N6O6. The largest absolute Gasteiger partial charge is 0.508 e. The van der Waals surface area contributed by atoms with Gasteiger partial charge in [0.25, 0.3) is 0 Å². The van der Waals surface area contributed by atoms with E-state index in [4.69, 9.17) is 4.74 Å². The van der Waals surface area contributed by atoms with Gasteiger partial charge in [-0.25, -0.2) is 14.8 Å². The molecule has 4 amide bonds. The average molecular weight is 641 g/mol. The van der Waals surface area contributed by atoms with Crippen LogP contribution < -0.4 is 10.2 Å². The number of nitrogens with zero attached hydrogens (tertiary/aromatic N) is 5. The molecule has 3 heterocycles. The van der Waals surface area contributed by atoms with Gasteiger partial charge in [-0.1, -0.05) is 54.6 Å². The van der Waals surface area contributed by atoms with Crippen LogP contribution in [0.5, 0.6) is 11.5 Å². The van der Waals surface area contributed by atoms with Crippen LogP contribution in [0.1, 0.15) is 16.7 Å². The molecule has 0 aliphatic carbocycles. The van der Waals surface area contributed by atoms with Crippen molar-refractivity contribution in [3.05, 3.63) is 102 Å². The second-order valence-corrected chi connectivity index (χ2v) is 11.9. The first-order chi connectivity index (χ1) is 22.8. The molecule has 2 atom stereocenters. The minimum atomic E-state index is -0.892. The lowest BCUT2D eigenvalue weighted by molar-refractivity contribution is -0.189. The zero-order chi connectivity index (χ0) is 32.9. The summed E-state index contributed by atoms with van der Waals surface area (Å²) in [5, 5.41) is 26.7. The summed E-state index contributed by atoms with van der Waals surface area (Å²) >= 11 is 0. The number of amides is 4. The summed E-state index contributed by atoms with van der Waals surface area (Å²) in [6.07, 6.45) is 1.06. The number of fused-ring (bicyclic) bond motifs is 1. The standard InChI is InChI=1S/C35H40N6O6/c1-2-14-39-24-33(44)40-30(19-25-8-11-28(42)12-9-25)34(45)38(22-27-10-13-31(43)29(20-27)37-15-17-47-18-16-37)23-32(40)41(39)35(46)36-21-26-6-4-3-5-7-26/h2-13,20,30,32,42-43H,1,14-19,21-24H2,(H,36,46)/t30-,32-/m0/s1. The monoisotopic (exact) mass is 640 g/mol. The van der Waals surface area contributed by atoms with Crippen LogP contribution in [0.4, 0.5) is 10.5 Å². The van der Waals surface area contributed by atoms with Gasteiger partial charge >= 0.3 is 6.03 Å². The van der Waals surface area contributed by atoms with E-state index in [9.17, 15) is 24.6 Å². The second kappa shape index (κ2) is 14.1. The van der Waals surface area contributed by atoms with Gasteiger partial charge in [-0.15, -0.1) is 6.58 Å². The van der Waals surface area contributed by atoms with Crippen LogP contribution in [0.25, 0.3) is 0 Å². The molecule has 3 aliphatic rings. The van der Waals surface area contributed by atoms with E-state index < -0.39 is 18.2 Å². The molecule has 47 heavy (non-hydrogen) atoms. The third kappa shape index (κ3) is 7.03. The number of phenols is 2. The Labute approximate surface area is 274 Å². The van der Waals surface area contributed by atoms with Crippen molar-refractivity contribution in [2.45, 2.75) is 31.7 Å². The van der Waals surface area contributed by atoms with E-state index in [0.717, 1.165) is 16.7 Å². The molecule has 3 aromatic rings. The van der Waals surface area contributed by atoms with Crippen LogP contribution in [-0.2, 0) is 33.8 Å². The van der Waals surface area contributed by atoms with Crippen molar-refractivity contribution >= 4 is 23.5 Å². The Hall–Kier alpha value is -5.07. The molecule has 0 radical (unpaired) electrons. The fraction of sp³-hybridized carbons (Fsp3) is 0.343. The first-order valence-corrected chi connectivity index (χ1v) is 15.8. The molecule has 6 rings (SSSR count). The molecule has 0 bridgehead atoms. The van der Waals surface area contributed by atoms with Gasteiger partial charge < -0.3 is 35.0 Å². The number of morpholine rings is 1. The summed E-state index contributed by atoms with van der Waals surface area (Å²) in [6, 6.07) is 20.1. The quantitative estimate of drug-likeness (QED) is 0.305. The highest BCUT2D eigenvalue weighted by Gasteiger charge is 2.51. The SMILES string of the molecule is C=CCN1CC(=O)N2[C@@H](Cc3ccc(O)cc3)C(=O)N(Cc3ccc(O)c(N4CCOCC4)c3)C[C@@H]2N1C(=O)NCc1ccccc1. The van der Waals surface area contributed by atoms with Gasteiger partial charge in [-0.3, -0.25) is 9.59 Å². The molecule has 0 unspecified atom stereocenters. The van der Waals surface area contributed by atoms with E-state index in [0.29, 0.717) is 32.0 Å². The van der Waals surface area contributed by atoms with E-state index in [-0.39, 0.29) is 62.5 Å². The highest BCUT2D eigenvalue weighted by Crippen LogP contribution is 2.32. The molecule has 246 valence electrons. The van der Waals surface area contributed by atoms with E-state index in [1.807, 2.05) is 36.4 Å². The van der Waals surface area contributed by atoms with E-state index in [2.05, 4.69) is 16.8 Å². The molecule has 3 aromatic carbocycles. The summed E-state index contributed by atoms with van der Waals surface area (Å²) in [5.41, 5.74) is 3.17. The van der Waals surface area contributed by atoms with Crippen molar-refractivity contribution in [1.82, 2.24) is 25.1 Å². The molecule has 3 saturated heterocycles. The summed E-state index contributed by atoms with van der Waals surface area (Å²) in [6.45, 7) is 6.98. The number of phenolic OH excluding ortho intramolecular Hbond substituents is 2. The third-order valence-electron chi connectivity index (χ3n) is 8.80. The number of benzene rings is 3. The van der Waals surface area contributed by atoms with Crippen molar-refractivity contribution in [3.63, 3.8) is 0 Å². The van der Waals surface area contributed by atoms with Gasteiger partial charge in [0.1, 0.15) is 23.7 Å². The first kappa shape index (κ1) is 31.9. The van der Waals surface area contributed by atoms with Gasteiger partial charge in [0.2, 0.25) is 11.8 Å². The number of nitrogens with one attached hydrogen (secondary N) is 1. The number of hydrogen-bond donors (Lipinski definition) is 3. The van der Waals surface area contributed by atoms with Crippen LogP contribution >= 0.6 is 0 Å². The normalized spacial score (nSPS) is 20.3. The minimum absolute atomic E-state index is 0.0802. The van der Waals surface area contributed by atoms with E-state index >= 15 is 0 Å². The van der Waals surface area contributed by atoms with E-state index in [1.165, 1.54) is 0 Å². The summed E-state index contributed by atoms with van der Waals surface area (Å²) < 4.78 is 5.48. The molecule has 0 spiro atoms. The van der Waals surface area contributed by atoms with Crippen LogP contribution in [0, 0.1) is 0 Å². The molecule has 12 nitrogen and oxygen atoms in total. The predicted molar refractivity (Wildman–Crippen MR) is 175 cm³/mol. The fourth-order valence-electron chi connectivity index (χ4n) is 6.50. The third-order valence-corrected chi connectivity index (χ3v) is 8.80. The lowest BCUT2D eigenvalue weighted by Gasteiger charge is -2.55. The zero-order valence-electron chi connectivity index (χ0n) is 26.2. The number of aromatic hydroxyl groups is 2. The van der Waals surface area contributed by atoms with Gasteiger partial charge in [0.05, 0.1) is 32.0 Å². The molecular weight excluding hydrogens is 600 g/mol. The number of ether oxygens (including phenoxy) is 1. The molecule has 3 N–H and O–H groups in total. The van der Waals surface area contributed by atoms with Crippen molar-refractivity contribution in [1.29, 1.82) is 0 Å². The second-order valence-electron chi connectivity index (χ2n) is 11.9. The van der Waals surface area contributed by atoms with Crippen LogP contribution in [0.2, 0.25) is 0 Å². The smallest absolute Gasteiger partial charge is 0.334 e. The van der Waals surface area contributed by atoms with E-state index in [1.54, 1.807) is 62.3 Å². The Morgan fingerprint density at radius 3 is 2.40 bits per heavy atom. The number of carbonyl (C=O) groups is 3. The van der Waals surface area contributed by atoms with Gasteiger partial charge in [-0.05, 0) is 41.0 Å². The molecule has 0 aromatic heterocycles. The number of rotatable bonds is 9. The highest BCUT2D eigenvalue weighted by molar-refractivity contribution is 5.91. The van der Waals surface area contributed by atoms with Crippen molar-refractivity contribution in [2.75, 3.05) is 50.8 Å². The molecule has 0 saturated carbocycles. The molecule has 3 fully saturated rings. The molecule has 12 heteroatoms. The predicted octanol–water partition coefficient (Wildman–Crippen LogP) is 2.67. The summed E-state index contributed by atoms with van der Waals surface area (Å²) in [4.78, 5) is 47.4. The Morgan fingerprint density at radius 1 is 0.957 bits per heavy atom. The maximum absolute atomic E-state index is 14.3. The van der Waals surface area contributed by atoms with Crippen molar-refractivity contribution < 1.29 is 29.3 Å². The molecule has 3 aliphatic heterocycles. The number of hydrazine groups is 1. The van der Waals surface area contributed by atoms with Crippen LogP contribution in [-0.4, -0.2) is 106 Å². The highest BCUT2D eigenvalue weighted by atomic mass is 16.5. The first-order valence-electron chi connectivity index (χ1n) is 15.8. The Kier molecular flexibility index (Phi) is 9.60. The maximum atomic E-state index is 14.3. The number of urea groups is 1. The minimum Gasteiger partial charge on any atom is -0.508 e. The van der Waals surface area contributed by atoms with Crippen LogP contribution in [0.3, 0.4) is 0 Å². The Morgan fingerprint density at radius 2 is 1.68 bits per heavy atom. The lowest BCUT2D eigenvalue weighted by Crippen LogP contribution is -2.76. The number of anilines is 1.